The van der Waals surface area contributed by atoms with Gasteiger partial charge in [0.15, 0.2) is 5.79 Å². The van der Waals surface area contributed by atoms with Crippen LogP contribution in [-0.4, -0.2) is 112 Å². The third-order valence-electron chi connectivity index (χ3n) is 23.4. The molecule has 4 saturated heterocycles. The zero-order valence-corrected chi connectivity index (χ0v) is 40.8. The van der Waals surface area contributed by atoms with E-state index in [1.165, 1.54) is 5.57 Å². The van der Waals surface area contributed by atoms with Crippen LogP contribution in [0.15, 0.2) is 23.3 Å². The molecular weight excluding hydrogens is 837 g/mol. The van der Waals surface area contributed by atoms with Crippen molar-refractivity contribution in [3.05, 3.63) is 46.1 Å². The van der Waals surface area contributed by atoms with Gasteiger partial charge in [0.2, 0.25) is 5.79 Å². The van der Waals surface area contributed by atoms with E-state index < -0.39 is 75.6 Å². The molecule has 6 N–H and O–H groups in total. The highest BCUT2D eigenvalue weighted by molar-refractivity contribution is 5.45. The van der Waals surface area contributed by atoms with Gasteiger partial charge in [0.25, 0.3) is 0 Å². The maximum atomic E-state index is 12.9. The zero-order chi connectivity index (χ0) is 46.5. The fourth-order valence-electron chi connectivity index (χ4n) is 19.4. The molecule has 13 rings (SSSR count). The smallest absolute Gasteiger partial charge is 0.201 e. The Labute approximate surface area is 390 Å². The number of aromatic nitrogens is 2. The molecule has 0 radical (unpaired) electrons. The van der Waals surface area contributed by atoms with Crippen molar-refractivity contribution >= 4 is 0 Å². The summed E-state index contributed by atoms with van der Waals surface area (Å²) in [6.07, 6.45) is 11.0. The van der Waals surface area contributed by atoms with Crippen molar-refractivity contribution < 1.29 is 49.6 Å². The van der Waals surface area contributed by atoms with Crippen molar-refractivity contribution in [1.29, 1.82) is 0 Å². The monoisotopic (exact) mass is 913 g/mol. The molecule has 0 bridgehead atoms. The number of ether oxygens (including phenoxy) is 4. The van der Waals surface area contributed by atoms with Crippen LogP contribution in [0.4, 0.5) is 0 Å². The molecule has 8 fully saturated rings. The summed E-state index contributed by atoms with van der Waals surface area (Å²) in [4.78, 5) is 11.2. The topological polar surface area (TPSA) is 184 Å². The first kappa shape index (κ1) is 44.1. The van der Waals surface area contributed by atoms with E-state index >= 15 is 0 Å². The summed E-state index contributed by atoms with van der Waals surface area (Å²) >= 11 is 0. The van der Waals surface area contributed by atoms with Crippen LogP contribution in [-0.2, 0) is 44.6 Å². The van der Waals surface area contributed by atoms with Crippen molar-refractivity contribution in [2.75, 3.05) is 6.61 Å². The molecule has 6 unspecified atom stereocenters. The largest absolute Gasteiger partial charge is 0.393 e. The number of nitrogens with zero attached hydrogens (tertiary/aromatic N) is 2. The molecule has 362 valence electrons. The van der Waals surface area contributed by atoms with Gasteiger partial charge in [-0.25, -0.2) is 0 Å². The Balaban J connectivity index is 0.773. The van der Waals surface area contributed by atoms with Crippen LogP contribution in [0.2, 0.25) is 0 Å². The van der Waals surface area contributed by atoms with E-state index in [0.717, 1.165) is 92.6 Å². The molecule has 8 aliphatic carbocycles. The van der Waals surface area contributed by atoms with Crippen molar-refractivity contribution in [2.24, 2.45) is 69.0 Å². The molecule has 4 aliphatic heterocycles. The Bertz CT molecular complexity index is 2370. The van der Waals surface area contributed by atoms with E-state index in [-0.39, 0.29) is 59.0 Å². The van der Waals surface area contributed by atoms with E-state index in [1.807, 2.05) is 13.8 Å². The van der Waals surface area contributed by atoms with Gasteiger partial charge in [-0.2, -0.15) is 0 Å². The van der Waals surface area contributed by atoms with Crippen molar-refractivity contribution in [2.45, 2.75) is 210 Å². The van der Waals surface area contributed by atoms with Gasteiger partial charge in [-0.1, -0.05) is 64.8 Å². The van der Waals surface area contributed by atoms with E-state index in [2.05, 4.69) is 53.7 Å². The molecule has 0 aromatic carbocycles. The van der Waals surface area contributed by atoms with E-state index in [9.17, 15) is 30.6 Å². The summed E-state index contributed by atoms with van der Waals surface area (Å²) in [5.41, 5.74) is 0.773. The fraction of sp³-hybridized carbons (Fsp3) is 0.852. The molecular formula is C54H76N2O10. The number of hydrogen-bond acceptors (Lipinski definition) is 12. The van der Waals surface area contributed by atoms with Gasteiger partial charge in [0.1, 0.15) is 29.5 Å². The first-order valence-electron chi connectivity index (χ1n) is 26.1. The molecule has 0 amide bonds. The predicted octanol–water partition coefficient (Wildman–Crippen LogP) is 5.44. The second-order valence-corrected chi connectivity index (χ2v) is 26.4. The minimum Gasteiger partial charge on any atom is -0.393 e. The molecule has 66 heavy (non-hydrogen) atoms. The van der Waals surface area contributed by atoms with Gasteiger partial charge in [0, 0.05) is 35.5 Å². The van der Waals surface area contributed by atoms with Crippen LogP contribution in [0, 0.1) is 69.0 Å². The van der Waals surface area contributed by atoms with Crippen LogP contribution >= 0.6 is 0 Å². The Morgan fingerprint density at radius 1 is 0.621 bits per heavy atom. The molecule has 1 aromatic heterocycles. The van der Waals surface area contributed by atoms with Crippen LogP contribution in [0.1, 0.15) is 143 Å². The van der Waals surface area contributed by atoms with E-state index in [1.54, 1.807) is 6.92 Å². The highest BCUT2D eigenvalue weighted by Gasteiger charge is 2.80. The fourth-order valence-corrected chi connectivity index (χ4v) is 19.4. The Kier molecular flexibility index (Phi) is 8.67. The van der Waals surface area contributed by atoms with Gasteiger partial charge in [0.05, 0.1) is 52.8 Å². The summed E-state index contributed by atoms with van der Waals surface area (Å²) < 4.78 is 26.5. The molecule has 22 atom stereocenters. The molecule has 5 heterocycles. The van der Waals surface area contributed by atoms with Crippen LogP contribution in [0.25, 0.3) is 0 Å². The lowest BCUT2D eigenvalue weighted by atomic mass is 9.44. The van der Waals surface area contributed by atoms with E-state index in [0.29, 0.717) is 24.7 Å². The minimum atomic E-state index is -1.49. The third-order valence-corrected chi connectivity index (χ3v) is 23.4. The van der Waals surface area contributed by atoms with Crippen LogP contribution < -0.4 is 0 Å². The van der Waals surface area contributed by atoms with Gasteiger partial charge in [-0.3, -0.25) is 9.97 Å². The highest BCUT2D eigenvalue weighted by atomic mass is 16.7. The van der Waals surface area contributed by atoms with Crippen molar-refractivity contribution in [3.8, 4) is 0 Å². The lowest BCUT2D eigenvalue weighted by molar-refractivity contribution is -0.280. The summed E-state index contributed by atoms with van der Waals surface area (Å²) in [5.74, 6) is -1.58. The minimum absolute atomic E-state index is 0.0700. The highest BCUT2D eigenvalue weighted by Crippen LogP contribution is 2.73. The second kappa shape index (κ2) is 13.0. The number of hydrogen-bond donors (Lipinski definition) is 6. The number of aliphatic hydroxyl groups is 6. The van der Waals surface area contributed by atoms with Crippen molar-refractivity contribution in [3.63, 3.8) is 0 Å². The quantitative estimate of drug-likeness (QED) is 0.197. The van der Waals surface area contributed by atoms with Gasteiger partial charge >= 0.3 is 0 Å². The molecule has 1 aromatic rings. The summed E-state index contributed by atoms with van der Waals surface area (Å²) in [6.45, 7) is 18.7. The second-order valence-electron chi connectivity index (χ2n) is 26.4. The molecule has 4 saturated carbocycles. The van der Waals surface area contributed by atoms with Gasteiger partial charge in [-0.15, -0.1) is 0 Å². The summed E-state index contributed by atoms with van der Waals surface area (Å²) in [7, 11) is 0. The first-order valence-corrected chi connectivity index (χ1v) is 26.1. The van der Waals surface area contributed by atoms with Crippen LogP contribution in [0.5, 0.6) is 0 Å². The average Bonchev–Trinajstić information content (AvgIpc) is 3.98. The predicted molar refractivity (Wildman–Crippen MR) is 241 cm³/mol. The Morgan fingerprint density at radius 2 is 1.12 bits per heavy atom. The summed E-state index contributed by atoms with van der Waals surface area (Å²) in [6, 6.07) is 0. The zero-order valence-electron chi connectivity index (χ0n) is 40.8. The SMILES string of the molecule is C[C@H]1[C@@]2(CCC(C)(C)O2)O[C@@H]2C=C3C4CCC5Cc6nc7c(nc6C[C@@]5(C)C4C[C@H](O)[C@@]3(C)[C@@]21O)CC1CCC2C3=C[C@H]4O[C@@]5(O[C@@](C)(CO)C[C@@H]5O)[C@H](C)[C@@]4(O)[C@]3(C)[C@@H](O)CC2[C@]1(C)C7. The maximum absolute atomic E-state index is 12.9. The van der Waals surface area contributed by atoms with Crippen molar-refractivity contribution in [1.82, 2.24) is 9.97 Å². The maximum Gasteiger partial charge on any atom is 0.201 e. The molecule has 12 nitrogen and oxygen atoms in total. The van der Waals surface area contributed by atoms with E-state index in [4.69, 9.17) is 28.9 Å². The lowest BCUT2D eigenvalue weighted by Crippen LogP contribution is -2.65. The first-order chi connectivity index (χ1) is 30.9. The van der Waals surface area contributed by atoms with Gasteiger partial charge < -0.3 is 49.6 Å². The number of aliphatic hydroxyl groups excluding tert-OH is 4. The van der Waals surface area contributed by atoms with Crippen LogP contribution in [0.3, 0.4) is 0 Å². The average molecular weight is 913 g/mol. The normalized spacial score (nSPS) is 58.9. The van der Waals surface area contributed by atoms with Gasteiger partial charge in [-0.05, 0) is 138 Å². The Hall–Kier alpha value is -1.84. The molecule has 2 spiro atoms. The number of fused-ring (bicyclic) bond motifs is 16. The molecule has 12 aliphatic rings. The Morgan fingerprint density at radius 3 is 1.59 bits per heavy atom. The number of rotatable bonds is 1. The molecule has 12 heteroatoms. The summed E-state index contributed by atoms with van der Waals surface area (Å²) in [5, 5.41) is 72.3. The lowest BCUT2D eigenvalue weighted by Gasteiger charge is -2.62. The third kappa shape index (κ3) is 4.84. The standard InChI is InChI=1S/C54H76N2O10/c1-26-51(15-14-45(3,4)65-51)63-43-20-34-30-12-10-28-16-36-38(22-47(28,6)32(30)18-40(58)49(34,8)52(26,43)61)55-37-17-29-11-13-31-33(48(29,7)23-39(37)56-36)19-41(59)50(9)35(31)21-44-53(50,62)27(2)54(64-44)42(60)24-46(5,25-57)66-54/h20-21,26-33,40-44,57-62H,10-19,22-25H2,1-9H3/t26-,27+,28?,29?,30?,31?,32?,33?,40-,41-,42-,43+,44+,46+,47+,48+,49-,50-,51-,52-,53-,54+/m0/s1.